The number of aliphatic hydroxyl groups excluding tert-OH is 1. The zero-order valence-corrected chi connectivity index (χ0v) is 17.5. The molecule has 0 amide bonds. The van der Waals surface area contributed by atoms with Gasteiger partial charge in [-0.15, -0.1) is 0 Å². The van der Waals surface area contributed by atoms with E-state index in [2.05, 4.69) is 16.0 Å². The first-order chi connectivity index (χ1) is 14.7. The lowest BCUT2D eigenvalue weighted by Gasteiger charge is -2.26. The van der Waals surface area contributed by atoms with Crippen LogP contribution in [0.4, 0.5) is 13.2 Å². The minimum Gasteiger partial charge on any atom is -0.491 e. The lowest BCUT2D eigenvalue weighted by molar-refractivity contribution is -0.137. The number of aryl methyl sites for hydroxylation is 2. The molecule has 0 bridgehead atoms. The minimum atomic E-state index is -4.39. The molecule has 0 aliphatic rings. The third-order valence-electron chi connectivity index (χ3n) is 5.05. The summed E-state index contributed by atoms with van der Waals surface area (Å²) >= 11 is 0. The number of hydrogen-bond acceptors (Lipinski definition) is 4. The van der Waals surface area contributed by atoms with E-state index in [0.717, 1.165) is 29.0 Å². The van der Waals surface area contributed by atoms with E-state index in [1.165, 1.54) is 12.1 Å². The number of alkyl halides is 3. The summed E-state index contributed by atoms with van der Waals surface area (Å²) in [5, 5.41) is 10.5. The number of nitrogens with zero attached hydrogens (tertiary/aromatic N) is 3. The van der Waals surface area contributed by atoms with Gasteiger partial charge in [-0.25, -0.2) is 4.98 Å². The first-order valence-corrected chi connectivity index (χ1v) is 9.92. The average Bonchev–Trinajstić information content (AvgIpc) is 3.12. The van der Waals surface area contributed by atoms with Gasteiger partial charge < -0.3 is 14.4 Å². The number of imidazole rings is 1. The van der Waals surface area contributed by atoms with E-state index < -0.39 is 17.8 Å². The third kappa shape index (κ3) is 6.57. The summed E-state index contributed by atoms with van der Waals surface area (Å²) in [6.07, 6.45) is -1.69. The van der Waals surface area contributed by atoms with Crippen molar-refractivity contribution in [2.45, 2.75) is 32.3 Å². The van der Waals surface area contributed by atoms with Gasteiger partial charge in [0.15, 0.2) is 0 Å². The molecule has 31 heavy (non-hydrogen) atoms. The van der Waals surface area contributed by atoms with E-state index >= 15 is 0 Å². The van der Waals surface area contributed by atoms with Crippen LogP contribution >= 0.6 is 0 Å². The van der Waals surface area contributed by atoms with Crippen LogP contribution in [0.25, 0.3) is 0 Å². The Hall–Kier alpha value is -2.84. The summed E-state index contributed by atoms with van der Waals surface area (Å²) in [6, 6.07) is 12.5. The van der Waals surface area contributed by atoms with Crippen molar-refractivity contribution in [1.29, 1.82) is 0 Å². The van der Waals surface area contributed by atoms with Crippen LogP contribution in [-0.4, -0.2) is 38.8 Å². The molecule has 166 valence electrons. The summed E-state index contributed by atoms with van der Waals surface area (Å²) in [4.78, 5) is 6.25. The molecule has 0 saturated heterocycles. The second kappa shape index (κ2) is 9.98. The highest BCUT2D eigenvalue weighted by Crippen LogP contribution is 2.30. The van der Waals surface area contributed by atoms with Gasteiger partial charge in [0.2, 0.25) is 0 Å². The number of hydrogen-bond donors (Lipinski definition) is 1. The van der Waals surface area contributed by atoms with Crippen LogP contribution in [0.1, 0.15) is 22.4 Å². The van der Waals surface area contributed by atoms with Crippen molar-refractivity contribution >= 4 is 0 Å². The normalized spacial score (nSPS) is 12.9. The highest BCUT2D eigenvalue weighted by atomic mass is 19.4. The van der Waals surface area contributed by atoms with Crippen molar-refractivity contribution in [3.8, 4) is 5.75 Å². The molecule has 1 heterocycles. The van der Waals surface area contributed by atoms with Crippen molar-refractivity contribution in [1.82, 2.24) is 14.5 Å². The summed E-state index contributed by atoms with van der Waals surface area (Å²) < 4.78 is 45.5. The van der Waals surface area contributed by atoms with Gasteiger partial charge in [0, 0.05) is 32.9 Å². The van der Waals surface area contributed by atoms with E-state index in [4.69, 9.17) is 4.74 Å². The Morgan fingerprint density at radius 3 is 2.42 bits per heavy atom. The second-order valence-electron chi connectivity index (χ2n) is 7.58. The molecule has 3 aromatic rings. The first-order valence-electron chi connectivity index (χ1n) is 9.92. The van der Waals surface area contributed by atoms with E-state index in [1.54, 1.807) is 12.5 Å². The zero-order chi connectivity index (χ0) is 22.4. The van der Waals surface area contributed by atoms with Crippen LogP contribution < -0.4 is 4.74 Å². The lowest BCUT2D eigenvalue weighted by atomic mass is 10.1. The highest BCUT2D eigenvalue weighted by molar-refractivity contribution is 5.29. The predicted octanol–water partition coefficient (Wildman–Crippen LogP) is 4.19. The van der Waals surface area contributed by atoms with Gasteiger partial charge in [0.1, 0.15) is 18.5 Å². The quantitative estimate of drug-likeness (QED) is 0.550. The molecule has 3 rings (SSSR count). The Morgan fingerprint density at radius 1 is 1.10 bits per heavy atom. The van der Waals surface area contributed by atoms with Crippen LogP contribution in [0.15, 0.2) is 61.1 Å². The molecule has 0 aliphatic carbocycles. The molecule has 0 spiro atoms. The smallest absolute Gasteiger partial charge is 0.416 e. The molecule has 8 heteroatoms. The molecule has 1 atom stereocenters. The predicted molar refractivity (Wildman–Crippen MR) is 111 cm³/mol. The molecule has 0 fully saturated rings. The summed E-state index contributed by atoms with van der Waals surface area (Å²) in [6.45, 7) is 3.57. The molecule has 5 nitrogen and oxygen atoms in total. The monoisotopic (exact) mass is 433 g/mol. The van der Waals surface area contributed by atoms with Gasteiger partial charge in [-0.05, 0) is 42.3 Å². The van der Waals surface area contributed by atoms with Crippen LogP contribution in [-0.2, 0) is 26.3 Å². The van der Waals surface area contributed by atoms with Crippen molar-refractivity contribution < 1.29 is 23.0 Å². The Morgan fingerprint density at radius 2 is 1.81 bits per heavy atom. The molecule has 1 N–H and O–H groups in total. The summed E-state index contributed by atoms with van der Waals surface area (Å²) in [5.74, 6) is 0.282. The Labute approximate surface area is 179 Å². The number of rotatable bonds is 9. The number of benzene rings is 2. The number of aliphatic hydroxyl groups is 1. The van der Waals surface area contributed by atoms with E-state index in [-0.39, 0.29) is 12.4 Å². The molecule has 2 aromatic carbocycles. The van der Waals surface area contributed by atoms with Crippen molar-refractivity contribution in [3.63, 3.8) is 0 Å². The van der Waals surface area contributed by atoms with Crippen LogP contribution in [0, 0.1) is 6.92 Å². The first kappa shape index (κ1) is 22.8. The fourth-order valence-corrected chi connectivity index (χ4v) is 3.26. The van der Waals surface area contributed by atoms with Gasteiger partial charge >= 0.3 is 6.18 Å². The minimum absolute atomic E-state index is 0.0268. The largest absolute Gasteiger partial charge is 0.491 e. The van der Waals surface area contributed by atoms with Crippen molar-refractivity contribution in [2.75, 3.05) is 13.2 Å². The molecular weight excluding hydrogens is 407 g/mol. The SMILES string of the molecule is Cc1ccccc1CN(Cc1cncn1C)CC(O)COc1ccc(C(F)(F)F)cc1. The zero-order valence-electron chi connectivity index (χ0n) is 17.5. The van der Waals surface area contributed by atoms with Crippen molar-refractivity contribution in [3.05, 3.63) is 83.4 Å². The standard InChI is InChI=1S/C23H26F3N3O2/c1-17-5-3-4-6-18(17)12-29(13-20-11-27-16-28(20)2)14-21(30)15-31-22-9-7-19(8-10-22)23(24,25)26/h3-11,16,21,30H,12-15H2,1-2H3. The number of aromatic nitrogens is 2. The average molecular weight is 433 g/mol. The summed E-state index contributed by atoms with van der Waals surface area (Å²) in [5.41, 5.74) is 2.58. The fraction of sp³-hybridized carbons (Fsp3) is 0.348. The Balaban J connectivity index is 1.62. The second-order valence-corrected chi connectivity index (χ2v) is 7.58. The maximum atomic E-state index is 12.7. The van der Waals surface area contributed by atoms with Crippen molar-refractivity contribution in [2.24, 2.45) is 7.05 Å². The summed E-state index contributed by atoms with van der Waals surface area (Å²) in [7, 11) is 1.92. The Kier molecular flexibility index (Phi) is 7.35. The molecule has 0 saturated carbocycles. The lowest BCUT2D eigenvalue weighted by Crippen LogP contribution is -2.35. The van der Waals surface area contributed by atoms with E-state index in [9.17, 15) is 18.3 Å². The fourth-order valence-electron chi connectivity index (χ4n) is 3.26. The van der Waals surface area contributed by atoms with Gasteiger partial charge in [-0.1, -0.05) is 24.3 Å². The van der Waals surface area contributed by atoms with Crippen LogP contribution in [0.2, 0.25) is 0 Å². The molecular formula is C23H26F3N3O2. The molecule has 0 radical (unpaired) electrons. The number of ether oxygens (including phenoxy) is 1. The maximum absolute atomic E-state index is 12.7. The number of halogens is 3. The maximum Gasteiger partial charge on any atom is 0.416 e. The third-order valence-corrected chi connectivity index (χ3v) is 5.05. The van der Waals surface area contributed by atoms with Gasteiger partial charge in [0.05, 0.1) is 17.6 Å². The van der Waals surface area contributed by atoms with Gasteiger partial charge in [-0.3, -0.25) is 4.90 Å². The topological polar surface area (TPSA) is 50.5 Å². The molecule has 1 aromatic heterocycles. The van der Waals surface area contributed by atoms with Gasteiger partial charge in [-0.2, -0.15) is 13.2 Å². The highest BCUT2D eigenvalue weighted by Gasteiger charge is 2.30. The van der Waals surface area contributed by atoms with E-state index in [1.807, 2.05) is 36.7 Å². The van der Waals surface area contributed by atoms with Crippen LogP contribution in [0.5, 0.6) is 5.75 Å². The Bertz CT molecular complexity index is 971. The molecule has 1 unspecified atom stereocenters. The van der Waals surface area contributed by atoms with Crippen LogP contribution in [0.3, 0.4) is 0 Å². The van der Waals surface area contributed by atoms with Gasteiger partial charge in [0.25, 0.3) is 0 Å². The molecule has 0 aliphatic heterocycles. The van der Waals surface area contributed by atoms with E-state index in [0.29, 0.717) is 19.6 Å².